The molecule has 0 aromatic rings. The van der Waals surface area contributed by atoms with Crippen molar-refractivity contribution in [3.63, 3.8) is 0 Å². The summed E-state index contributed by atoms with van der Waals surface area (Å²) in [4.78, 5) is 0. The van der Waals surface area contributed by atoms with Gasteiger partial charge in [0.15, 0.2) is 7.83 Å². The number of rotatable bonds is 3. The Bertz CT molecular complexity index is 379. The highest BCUT2D eigenvalue weighted by atomic mass is 29.6. The zero-order valence-corrected chi connectivity index (χ0v) is 15.8. The molecule has 0 aromatic carbocycles. The summed E-state index contributed by atoms with van der Waals surface area (Å²) in [5.41, 5.74) is 7.23. The standard InChI is InChI=1S/C14H28OSi3/c1-10-17(9)16(7,8)15-14(5,6)13(4)18(17,11-2)12-3/h10-13H,1-3H2,4-9H3. The first-order chi connectivity index (χ1) is 8.04. The SMILES string of the molecule is C=C[Si]1(C=C)C(C)C(C)(C)O[Si](C)(C)[Si]1(C)C=C. The van der Waals surface area contributed by atoms with Gasteiger partial charge in [0.1, 0.15) is 14.7 Å². The monoisotopic (exact) mass is 296 g/mol. The van der Waals surface area contributed by atoms with Gasteiger partial charge in [-0.2, -0.15) is 0 Å². The van der Waals surface area contributed by atoms with Gasteiger partial charge in [-0.15, -0.1) is 25.4 Å². The van der Waals surface area contributed by atoms with Crippen molar-refractivity contribution in [2.24, 2.45) is 0 Å². The first kappa shape index (κ1) is 15.9. The van der Waals surface area contributed by atoms with E-state index in [1.165, 1.54) is 0 Å². The highest BCUT2D eigenvalue weighted by Crippen LogP contribution is 2.51. The van der Waals surface area contributed by atoms with E-state index in [0.717, 1.165) is 0 Å². The second kappa shape index (κ2) is 4.44. The van der Waals surface area contributed by atoms with Gasteiger partial charge in [0.05, 0.1) is 5.60 Å². The zero-order chi connectivity index (χ0) is 14.4. The van der Waals surface area contributed by atoms with E-state index in [2.05, 4.69) is 77.2 Å². The third-order valence-electron chi connectivity index (χ3n) is 5.51. The van der Waals surface area contributed by atoms with Gasteiger partial charge in [-0.1, -0.05) is 24.9 Å². The van der Waals surface area contributed by atoms with Crippen LogP contribution in [0.25, 0.3) is 0 Å². The predicted octanol–water partition coefficient (Wildman–Crippen LogP) is 4.25. The normalized spacial score (nSPS) is 36.7. The van der Waals surface area contributed by atoms with Gasteiger partial charge in [-0.05, 0) is 32.5 Å². The van der Waals surface area contributed by atoms with E-state index in [4.69, 9.17) is 4.43 Å². The highest BCUT2D eigenvalue weighted by molar-refractivity contribution is 7.72. The topological polar surface area (TPSA) is 9.23 Å². The molecule has 1 fully saturated rings. The molecular weight excluding hydrogens is 268 g/mol. The fourth-order valence-electron chi connectivity index (χ4n) is 3.68. The van der Waals surface area contributed by atoms with Crippen LogP contribution in [0.2, 0.25) is 25.2 Å². The van der Waals surface area contributed by atoms with Crippen molar-refractivity contribution in [1.82, 2.24) is 0 Å². The fraction of sp³-hybridized carbons (Fsp3) is 0.571. The Labute approximate surface area is 115 Å². The smallest absolute Gasteiger partial charge is 0.177 e. The molecule has 2 atom stereocenters. The first-order valence-corrected chi connectivity index (χ1v) is 16.4. The van der Waals surface area contributed by atoms with Gasteiger partial charge in [-0.3, -0.25) is 0 Å². The largest absolute Gasteiger partial charge is 0.415 e. The number of hydrogen-bond acceptors (Lipinski definition) is 1. The zero-order valence-electron chi connectivity index (χ0n) is 12.8. The molecule has 2 unspecified atom stereocenters. The van der Waals surface area contributed by atoms with Crippen molar-refractivity contribution >= 4 is 22.5 Å². The molecule has 0 saturated carbocycles. The lowest BCUT2D eigenvalue weighted by molar-refractivity contribution is 0.0963. The van der Waals surface area contributed by atoms with Crippen LogP contribution < -0.4 is 0 Å². The maximum Gasteiger partial charge on any atom is 0.177 e. The van der Waals surface area contributed by atoms with Crippen molar-refractivity contribution in [2.75, 3.05) is 0 Å². The molecule has 18 heavy (non-hydrogen) atoms. The van der Waals surface area contributed by atoms with E-state index < -0.39 is 22.5 Å². The fourth-order valence-corrected chi connectivity index (χ4v) is 38.2. The minimum Gasteiger partial charge on any atom is -0.415 e. The molecule has 0 aliphatic carbocycles. The molecule has 1 rings (SSSR count). The summed E-state index contributed by atoms with van der Waals surface area (Å²) in [6.45, 7) is 26.6. The van der Waals surface area contributed by atoms with Crippen LogP contribution in [0, 0.1) is 0 Å². The van der Waals surface area contributed by atoms with Gasteiger partial charge in [0.2, 0.25) is 0 Å². The third kappa shape index (κ3) is 1.73. The quantitative estimate of drug-likeness (QED) is 0.708. The van der Waals surface area contributed by atoms with Crippen LogP contribution in [-0.2, 0) is 4.43 Å². The van der Waals surface area contributed by atoms with Gasteiger partial charge < -0.3 is 4.43 Å². The minimum atomic E-state index is -1.77. The van der Waals surface area contributed by atoms with Gasteiger partial charge in [0.25, 0.3) is 0 Å². The van der Waals surface area contributed by atoms with Crippen LogP contribution in [0.1, 0.15) is 20.8 Å². The van der Waals surface area contributed by atoms with Crippen LogP contribution in [0.5, 0.6) is 0 Å². The second-order valence-corrected chi connectivity index (χ2v) is 30.2. The summed E-state index contributed by atoms with van der Waals surface area (Å²) in [6, 6.07) is 0. The van der Waals surface area contributed by atoms with Gasteiger partial charge in [-0.25, -0.2) is 0 Å². The maximum absolute atomic E-state index is 6.61. The summed E-state index contributed by atoms with van der Waals surface area (Å²) in [5.74, 6) is 0. The summed E-state index contributed by atoms with van der Waals surface area (Å²) < 4.78 is 6.61. The predicted molar refractivity (Wildman–Crippen MR) is 90.0 cm³/mol. The Balaban J connectivity index is 3.62. The first-order valence-electron chi connectivity index (χ1n) is 6.65. The summed E-state index contributed by atoms with van der Waals surface area (Å²) in [6.07, 6.45) is 0. The van der Waals surface area contributed by atoms with E-state index in [1.807, 2.05) is 0 Å². The van der Waals surface area contributed by atoms with Crippen molar-refractivity contribution in [2.45, 2.75) is 51.6 Å². The molecule has 0 bridgehead atoms. The molecule has 0 radical (unpaired) electrons. The molecule has 1 nitrogen and oxygen atoms in total. The van der Waals surface area contributed by atoms with Crippen LogP contribution in [-0.4, -0.2) is 28.1 Å². The van der Waals surface area contributed by atoms with E-state index in [1.54, 1.807) is 0 Å². The van der Waals surface area contributed by atoms with Crippen LogP contribution in [0.15, 0.2) is 36.8 Å². The van der Waals surface area contributed by atoms with Gasteiger partial charge >= 0.3 is 0 Å². The van der Waals surface area contributed by atoms with E-state index >= 15 is 0 Å². The highest BCUT2D eigenvalue weighted by Gasteiger charge is 2.66. The molecule has 0 N–H and O–H groups in total. The third-order valence-corrected chi connectivity index (χ3v) is 41.4. The average Bonchev–Trinajstić information content (AvgIpc) is 2.27. The average molecular weight is 297 g/mol. The molecule has 102 valence electrons. The van der Waals surface area contributed by atoms with Crippen molar-refractivity contribution in [3.05, 3.63) is 36.8 Å². The van der Waals surface area contributed by atoms with Crippen molar-refractivity contribution in [3.8, 4) is 0 Å². The lowest BCUT2D eigenvalue weighted by atomic mass is 10.1. The summed E-state index contributed by atoms with van der Waals surface area (Å²) in [5, 5.41) is 0. The molecule has 0 amide bonds. The van der Waals surface area contributed by atoms with E-state index in [0.29, 0.717) is 5.54 Å². The van der Waals surface area contributed by atoms with Gasteiger partial charge in [0, 0.05) is 0 Å². The van der Waals surface area contributed by atoms with Crippen LogP contribution in [0.3, 0.4) is 0 Å². The lowest BCUT2D eigenvalue weighted by Crippen LogP contribution is -2.81. The molecule has 0 spiro atoms. The second-order valence-electron chi connectivity index (χ2n) is 6.69. The summed E-state index contributed by atoms with van der Waals surface area (Å²) in [7, 11) is -5.22. The van der Waals surface area contributed by atoms with Crippen LogP contribution in [0.4, 0.5) is 0 Å². The Morgan fingerprint density at radius 1 is 1.00 bits per heavy atom. The van der Waals surface area contributed by atoms with Crippen molar-refractivity contribution in [1.29, 1.82) is 0 Å². The number of hydrogen-bond donors (Lipinski definition) is 0. The van der Waals surface area contributed by atoms with E-state index in [-0.39, 0.29) is 5.60 Å². The molecule has 1 heterocycles. The Kier molecular flexibility index (Phi) is 3.92. The Morgan fingerprint density at radius 3 is 1.78 bits per heavy atom. The molecular formula is C14H28OSi3. The summed E-state index contributed by atoms with van der Waals surface area (Å²) >= 11 is 0. The maximum atomic E-state index is 6.61. The molecule has 0 aromatic heterocycles. The molecule has 1 saturated heterocycles. The van der Waals surface area contributed by atoms with E-state index in [9.17, 15) is 0 Å². The molecule has 4 heteroatoms. The van der Waals surface area contributed by atoms with Crippen molar-refractivity contribution < 1.29 is 4.43 Å². The Morgan fingerprint density at radius 2 is 1.44 bits per heavy atom. The van der Waals surface area contributed by atoms with Crippen LogP contribution >= 0.6 is 0 Å². The minimum absolute atomic E-state index is 0.0696. The Hall–Kier alpha value is -0.169. The molecule has 1 aliphatic rings. The lowest BCUT2D eigenvalue weighted by Gasteiger charge is -2.61. The molecule has 1 aliphatic heterocycles.